The molecule has 2 heteroatoms. The third kappa shape index (κ3) is 2.81. The summed E-state index contributed by atoms with van der Waals surface area (Å²) in [6.07, 6.45) is 0. The number of nitrogens with zero attached hydrogens (tertiary/aromatic N) is 2. The topological polar surface area (TPSA) is 8.17 Å². The summed E-state index contributed by atoms with van der Waals surface area (Å²) in [5.41, 5.74) is 14.5. The molecule has 0 unspecified atom stereocenters. The fourth-order valence-corrected chi connectivity index (χ4v) is 7.48. The van der Waals surface area contributed by atoms with Crippen LogP contribution in [0.3, 0.4) is 0 Å². The summed E-state index contributed by atoms with van der Waals surface area (Å²) < 4.78 is 2.36. The largest absolute Gasteiger partial charge is 0.344 e. The minimum Gasteiger partial charge on any atom is -0.344 e. The molecule has 190 valence electrons. The van der Waals surface area contributed by atoms with Crippen molar-refractivity contribution in [3.05, 3.63) is 125 Å². The quantitative estimate of drug-likeness (QED) is 0.216. The van der Waals surface area contributed by atoms with E-state index in [9.17, 15) is 0 Å². The van der Waals surface area contributed by atoms with E-state index in [2.05, 4.69) is 147 Å². The van der Waals surface area contributed by atoms with Crippen molar-refractivity contribution in [2.75, 3.05) is 4.90 Å². The highest BCUT2D eigenvalue weighted by atomic mass is 15.2. The summed E-state index contributed by atoms with van der Waals surface area (Å²) in [6, 6.07) is 38.6. The molecule has 0 spiro atoms. The van der Waals surface area contributed by atoms with Crippen molar-refractivity contribution < 1.29 is 0 Å². The van der Waals surface area contributed by atoms with E-state index in [-0.39, 0.29) is 10.8 Å². The van der Waals surface area contributed by atoms with Gasteiger partial charge in [-0.3, -0.25) is 0 Å². The summed E-state index contributed by atoms with van der Waals surface area (Å²) in [4.78, 5) is 2.46. The first-order valence-corrected chi connectivity index (χ1v) is 13.9. The number of hydrogen-bond acceptors (Lipinski definition) is 1. The highest BCUT2D eigenvalue weighted by Gasteiger charge is 2.37. The van der Waals surface area contributed by atoms with Gasteiger partial charge in [0.1, 0.15) is 0 Å². The number of aromatic nitrogens is 1. The Morgan fingerprint density at radius 3 is 1.74 bits per heavy atom. The molecule has 1 aromatic heterocycles. The Morgan fingerprint density at radius 2 is 1.05 bits per heavy atom. The Morgan fingerprint density at radius 1 is 0.487 bits per heavy atom. The minimum absolute atomic E-state index is 0.0176. The Kier molecular flexibility index (Phi) is 4.31. The van der Waals surface area contributed by atoms with Crippen molar-refractivity contribution in [3.8, 4) is 11.1 Å². The first-order chi connectivity index (χ1) is 18.8. The van der Waals surface area contributed by atoms with Crippen LogP contribution in [0.5, 0.6) is 0 Å². The zero-order chi connectivity index (χ0) is 26.7. The second kappa shape index (κ2) is 7.42. The van der Waals surface area contributed by atoms with Crippen molar-refractivity contribution in [1.29, 1.82) is 0 Å². The van der Waals surface area contributed by atoms with Crippen molar-refractivity contribution in [2.45, 2.75) is 38.5 Å². The molecule has 0 amide bonds. The zero-order valence-corrected chi connectivity index (χ0v) is 23.2. The molecule has 1 aliphatic heterocycles. The molecule has 39 heavy (non-hydrogen) atoms. The van der Waals surface area contributed by atoms with Crippen LogP contribution in [0.15, 0.2) is 103 Å². The molecule has 8 rings (SSSR count). The Labute approximate surface area is 230 Å². The third-order valence-corrected chi connectivity index (χ3v) is 9.59. The predicted molar refractivity (Wildman–Crippen MR) is 165 cm³/mol. The van der Waals surface area contributed by atoms with E-state index in [4.69, 9.17) is 0 Å². The molecule has 6 aromatic rings. The van der Waals surface area contributed by atoms with Crippen molar-refractivity contribution in [3.63, 3.8) is 0 Å². The fraction of sp³-hybridized carbons (Fsp3) is 0.189. The van der Waals surface area contributed by atoms with Crippen LogP contribution in [0, 0.1) is 0 Å². The molecule has 0 N–H and O–H groups in total. The van der Waals surface area contributed by atoms with Gasteiger partial charge < -0.3 is 9.47 Å². The number of benzene rings is 5. The predicted octanol–water partition coefficient (Wildman–Crippen LogP) is 9.75. The number of aryl methyl sites for hydroxylation is 1. The van der Waals surface area contributed by atoms with Crippen LogP contribution in [-0.2, 0) is 17.9 Å². The van der Waals surface area contributed by atoms with E-state index >= 15 is 0 Å². The van der Waals surface area contributed by atoms with Crippen molar-refractivity contribution in [1.82, 2.24) is 4.57 Å². The molecule has 0 fully saturated rings. The van der Waals surface area contributed by atoms with E-state index in [1.807, 2.05) is 0 Å². The number of para-hydroxylation sites is 2. The lowest BCUT2D eigenvalue weighted by atomic mass is 9.73. The molecule has 0 saturated heterocycles. The second-order valence-corrected chi connectivity index (χ2v) is 12.3. The molecule has 1 aliphatic carbocycles. The van der Waals surface area contributed by atoms with Gasteiger partial charge >= 0.3 is 0 Å². The second-order valence-electron chi connectivity index (χ2n) is 12.3. The molecule has 0 atom stereocenters. The van der Waals surface area contributed by atoms with Crippen LogP contribution in [0.25, 0.3) is 32.9 Å². The van der Waals surface area contributed by atoms with Crippen molar-refractivity contribution in [2.24, 2.45) is 7.05 Å². The Bertz CT molecular complexity index is 1940. The SMILES string of the molecule is Cn1c2ccc(N3c4ccccc4C(C)(C)c4ccccc43)cc2c2cc3c(cc21)-c1ccccc1C3(C)C. The molecule has 2 nitrogen and oxygen atoms in total. The highest BCUT2D eigenvalue weighted by Crippen LogP contribution is 2.53. The molecule has 2 aliphatic rings. The van der Waals surface area contributed by atoms with Gasteiger partial charge in [-0.15, -0.1) is 0 Å². The van der Waals surface area contributed by atoms with E-state index < -0.39 is 0 Å². The van der Waals surface area contributed by atoms with Crippen LogP contribution in [0.2, 0.25) is 0 Å². The maximum atomic E-state index is 2.47. The molecule has 0 radical (unpaired) electrons. The van der Waals surface area contributed by atoms with Crippen LogP contribution >= 0.6 is 0 Å². The number of fused-ring (bicyclic) bond motifs is 8. The van der Waals surface area contributed by atoms with E-state index in [0.717, 1.165) is 0 Å². The average molecular weight is 505 g/mol. The monoisotopic (exact) mass is 504 g/mol. The Hall–Kier alpha value is -4.30. The molecular formula is C37H32N2. The number of hydrogen-bond donors (Lipinski definition) is 0. The maximum absolute atomic E-state index is 2.47. The van der Waals surface area contributed by atoms with Crippen LogP contribution in [0.4, 0.5) is 17.1 Å². The highest BCUT2D eigenvalue weighted by molar-refractivity contribution is 6.11. The van der Waals surface area contributed by atoms with E-state index in [0.29, 0.717) is 0 Å². The van der Waals surface area contributed by atoms with E-state index in [1.54, 1.807) is 0 Å². The lowest BCUT2D eigenvalue weighted by Gasteiger charge is -2.42. The van der Waals surface area contributed by atoms with Gasteiger partial charge in [-0.1, -0.05) is 88.4 Å². The summed E-state index contributed by atoms with van der Waals surface area (Å²) in [6.45, 7) is 9.42. The molecule has 2 heterocycles. The summed E-state index contributed by atoms with van der Waals surface area (Å²) in [5.74, 6) is 0. The molecule has 0 bridgehead atoms. The van der Waals surface area contributed by atoms with Gasteiger partial charge in [-0.25, -0.2) is 0 Å². The average Bonchev–Trinajstić information content (AvgIpc) is 3.35. The van der Waals surface area contributed by atoms with Gasteiger partial charge in [0.15, 0.2) is 0 Å². The third-order valence-electron chi connectivity index (χ3n) is 9.59. The Balaban J connectivity index is 1.40. The van der Waals surface area contributed by atoms with Gasteiger partial charge in [-0.05, 0) is 75.8 Å². The van der Waals surface area contributed by atoms with Gasteiger partial charge in [0, 0.05) is 45.4 Å². The van der Waals surface area contributed by atoms with Gasteiger partial charge in [0.25, 0.3) is 0 Å². The summed E-state index contributed by atoms with van der Waals surface area (Å²) >= 11 is 0. The maximum Gasteiger partial charge on any atom is 0.0502 e. The lowest BCUT2D eigenvalue weighted by Crippen LogP contribution is -2.30. The van der Waals surface area contributed by atoms with E-state index in [1.165, 1.54) is 72.2 Å². The zero-order valence-electron chi connectivity index (χ0n) is 23.2. The molecule has 0 saturated carbocycles. The fourth-order valence-electron chi connectivity index (χ4n) is 7.48. The number of anilines is 3. The first kappa shape index (κ1) is 22.7. The van der Waals surface area contributed by atoms with Crippen LogP contribution < -0.4 is 4.90 Å². The summed E-state index contributed by atoms with van der Waals surface area (Å²) in [5, 5.41) is 2.63. The minimum atomic E-state index is -0.0611. The lowest BCUT2D eigenvalue weighted by molar-refractivity contribution is 0.632. The van der Waals surface area contributed by atoms with Crippen molar-refractivity contribution >= 4 is 38.9 Å². The molecular weight excluding hydrogens is 472 g/mol. The summed E-state index contributed by atoms with van der Waals surface area (Å²) in [7, 11) is 2.21. The standard InChI is InChI=1S/C37H32N2/c1-36(2)28-13-7-6-12-24(28)25-22-35-27(21-31(25)36)26-20-23(18-19-32(26)38(35)5)39-33-16-10-8-14-29(33)37(3,4)30-15-9-11-17-34(30)39/h6-22H,1-5H3. The number of rotatable bonds is 1. The van der Waals surface area contributed by atoms with Gasteiger partial charge in [0.05, 0.1) is 11.4 Å². The molecule has 5 aromatic carbocycles. The van der Waals surface area contributed by atoms with Crippen LogP contribution in [0.1, 0.15) is 49.9 Å². The normalized spacial score (nSPS) is 16.2. The van der Waals surface area contributed by atoms with Crippen LogP contribution in [-0.4, -0.2) is 4.57 Å². The van der Waals surface area contributed by atoms with Gasteiger partial charge in [-0.2, -0.15) is 0 Å². The smallest absolute Gasteiger partial charge is 0.0502 e. The first-order valence-electron chi connectivity index (χ1n) is 13.9. The van der Waals surface area contributed by atoms with Gasteiger partial charge in [0.2, 0.25) is 0 Å².